The van der Waals surface area contributed by atoms with Crippen LogP contribution in [0.5, 0.6) is 0 Å². The molecule has 0 bridgehead atoms. The predicted octanol–water partition coefficient (Wildman–Crippen LogP) is 26.8. The van der Waals surface area contributed by atoms with E-state index in [1.807, 2.05) is 0 Å². The fraction of sp³-hybridized carbons (Fsp3) is 0.927. The molecule has 0 rings (SSSR count). The molecule has 6 heteroatoms. The summed E-state index contributed by atoms with van der Waals surface area (Å²) in [7, 11) is 0. The Labute approximate surface area is 551 Å². The number of aliphatic hydroxyl groups is 2. The van der Waals surface area contributed by atoms with E-state index in [0.717, 1.165) is 44.9 Å². The van der Waals surface area contributed by atoms with Gasteiger partial charge in [-0.05, 0) is 77.0 Å². The molecular formula is C82H159NO5. The van der Waals surface area contributed by atoms with Crippen LogP contribution in [-0.4, -0.2) is 47.4 Å². The van der Waals surface area contributed by atoms with Gasteiger partial charge in [0.25, 0.3) is 0 Å². The SMILES string of the molecule is CCCCCCCCC/C=C\CCCCCCCCCC(=O)OCCCCCCCCCCCCCC/C=C\CCCCCCCCCCCCCCCCCCCC(=O)NC(CO)C(O)CCCCCCCCCCCCCCCCCCCCCC. The third-order valence-electron chi connectivity index (χ3n) is 19.2. The van der Waals surface area contributed by atoms with Crippen LogP contribution in [0.1, 0.15) is 463 Å². The second-order valence-corrected chi connectivity index (χ2v) is 28.1. The van der Waals surface area contributed by atoms with Crippen LogP contribution in [0, 0.1) is 0 Å². The van der Waals surface area contributed by atoms with Gasteiger partial charge >= 0.3 is 5.97 Å². The molecule has 3 N–H and O–H groups in total. The summed E-state index contributed by atoms with van der Waals surface area (Å²) in [6.07, 6.45) is 99.9. The van der Waals surface area contributed by atoms with Gasteiger partial charge in [-0.2, -0.15) is 0 Å². The maximum atomic E-state index is 12.6. The van der Waals surface area contributed by atoms with Crippen molar-refractivity contribution in [1.29, 1.82) is 0 Å². The summed E-state index contributed by atoms with van der Waals surface area (Å²) in [5.41, 5.74) is 0. The van der Waals surface area contributed by atoms with Crippen molar-refractivity contribution in [2.24, 2.45) is 0 Å². The predicted molar refractivity (Wildman–Crippen MR) is 389 cm³/mol. The number of allylic oxidation sites excluding steroid dienone is 4. The molecule has 0 aliphatic heterocycles. The lowest BCUT2D eigenvalue weighted by Gasteiger charge is -2.22. The van der Waals surface area contributed by atoms with Gasteiger partial charge in [-0.15, -0.1) is 0 Å². The standard InChI is InChI=1S/C82H159NO5/c1-3-5-7-9-11-13-15-17-19-21-23-39-42-46-50-54-58-62-66-70-74-80(85)79(78-84)83-81(86)75-71-67-63-59-55-51-47-43-40-37-35-33-31-29-27-25-24-26-28-30-32-34-36-38-41-45-49-53-57-61-65-69-73-77-88-82(87)76-72-68-64-60-56-52-48-44-22-20-18-16-14-12-10-8-6-4-2/h20,22,28,30,79-80,84-85H,3-19,21,23-27,29,31-78H2,1-2H3,(H,83,86)/b22-20-,30-28-. The molecule has 0 aliphatic rings. The van der Waals surface area contributed by atoms with Gasteiger partial charge < -0.3 is 20.3 Å². The monoisotopic (exact) mass is 1240 g/mol. The first-order valence-corrected chi connectivity index (χ1v) is 40.6. The van der Waals surface area contributed by atoms with Crippen molar-refractivity contribution >= 4 is 11.9 Å². The lowest BCUT2D eigenvalue weighted by atomic mass is 10.0. The van der Waals surface area contributed by atoms with Crippen molar-refractivity contribution < 1.29 is 24.5 Å². The molecule has 6 nitrogen and oxygen atoms in total. The quantitative estimate of drug-likeness (QED) is 0.0320. The van der Waals surface area contributed by atoms with E-state index >= 15 is 0 Å². The molecule has 2 atom stereocenters. The minimum Gasteiger partial charge on any atom is -0.466 e. The van der Waals surface area contributed by atoms with Crippen molar-refractivity contribution in [1.82, 2.24) is 5.32 Å². The van der Waals surface area contributed by atoms with Crippen LogP contribution in [0.3, 0.4) is 0 Å². The summed E-state index contributed by atoms with van der Waals surface area (Å²) in [5.74, 6) is -0.00980. The van der Waals surface area contributed by atoms with E-state index < -0.39 is 12.1 Å². The van der Waals surface area contributed by atoms with Crippen LogP contribution in [0.2, 0.25) is 0 Å². The van der Waals surface area contributed by atoms with Crippen molar-refractivity contribution in [3.63, 3.8) is 0 Å². The van der Waals surface area contributed by atoms with E-state index in [9.17, 15) is 19.8 Å². The van der Waals surface area contributed by atoms with Crippen molar-refractivity contribution in [3.05, 3.63) is 24.3 Å². The average molecular weight is 1240 g/mol. The Morgan fingerprint density at radius 3 is 0.807 bits per heavy atom. The van der Waals surface area contributed by atoms with E-state index in [4.69, 9.17) is 4.74 Å². The highest BCUT2D eigenvalue weighted by Crippen LogP contribution is 2.20. The fourth-order valence-corrected chi connectivity index (χ4v) is 13.0. The molecule has 0 saturated carbocycles. The van der Waals surface area contributed by atoms with Crippen LogP contribution in [0.25, 0.3) is 0 Å². The highest BCUT2D eigenvalue weighted by atomic mass is 16.5. The Balaban J connectivity index is 3.34. The Morgan fingerprint density at radius 2 is 0.534 bits per heavy atom. The molecule has 0 spiro atoms. The lowest BCUT2D eigenvalue weighted by molar-refractivity contribution is -0.143. The molecule has 0 fully saturated rings. The van der Waals surface area contributed by atoms with Gasteiger partial charge in [0.1, 0.15) is 0 Å². The summed E-state index contributed by atoms with van der Waals surface area (Å²) >= 11 is 0. The third-order valence-corrected chi connectivity index (χ3v) is 19.2. The molecule has 88 heavy (non-hydrogen) atoms. The van der Waals surface area contributed by atoms with Crippen LogP contribution in [-0.2, 0) is 14.3 Å². The van der Waals surface area contributed by atoms with Crippen molar-refractivity contribution in [2.45, 2.75) is 475 Å². The normalized spacial score (nSPS) is 12.5. The van der Waals surface area contributed by atoms with Gasteiger partial charge in [-0.1, -0.05) is 398 Å². The Bertz CT molecular complexity index is 1380. The Morgan fingerprint density at radius 1 is 0.307 bits per heavy atom. The number of aliphatic hydroxyl groups excluding tert-OH is 2. The smallest absolute Gasteiger partial charge is 0.305 e. The summed E-state index contributed by atoms with van der Waals surface area (Å²) in [5, 5.41) is 23.4. The van der Waals surface area contributed by atoms with Crippen LogP contribution in [0.15, 0.2) is 24.3 Å². The van der Waals surface area contributed by atoms with Crippen LogP contribution < -0.4 is 5.32 Å². The molecule has 0 aliphatic carbocycles. The third kappa shape index (κ3) is 73.4. The van der Waals surface area contributed by atoms with E-state index in [2.05, 4.69) is 43.5 Å². The first-order valence-electron chi connectivity index (χ1n) is 40.6. The van der Waals surface area contributed by atoms with Crippen LogP contribution >= 0.6 is 0 Å². The molecular weight excluding hydrogens is 1080 g/mol. The van der Waals surface area contributed by atoms with E-state index in [0.29, 0.717) is 25.9 Å². The maximum Gasteiger partial charge on any atom is 0.305 e. The summed E-state index contributed by atoms with van der Waals surface area (Å²) in [6, 6.07) is -0.540. The number of ether oxygens (including phenoxy) is 1. The lowest BCUT2D eigenvalue weighted by Crippen LogP contribution is -2.45. The summed E-state index contributed by atoms with van der Waals surface area (Å²) < 4.78 is 5.51. The number of carbonyl (C=O) groups is 2. The highest BCUT2D eigenvalue weighted by molar-refractivity contribution is 5.76. The zero-order chi connectivity index (χ0) is 63.5. The van der Waals surface area contributed by atoms with Gasteiger partial charge in [0.05, 0.1) is 25.4 Å². The number of esters is 1. The molecule has 0 aromatic carbocycles. The number of carbonyl (C=O) groups excluding carboxylic acids is 2. The molecule has 0 saturated heterocycles. The van der Waals surface area contributed by atoms with Gasteiger partial charge in [0, 0.05) is 12.8 Å². The molecule has 0 aromatic heterocycles. The fourth-order valence-electron chi connectivity index (χ4n) is 13.0. The molecule has 2 unspecified atom stereocenters. The van der Waals surface area contributed by atoms with Crippen molar-refractivity contribution in [2.75, 3.05) is 13.2 Å². The first-order chi connectivity index (χ1) is 43.5. The minimum absolute atomic E-state index is 0.0169. The van der Waals surface area contributed by atoms with E-state index in [1.165, 1.54) is 385 Å². The zero-order valence-corrected chi connectivity index (χ0v) is 60.0. The highest BCUT2D eigenvalue weighted by Gasteiger charge is 2.20. The van der Waals surface area contributed by atoms with Gasteiger partial charge in [0.15, 0.2) is 0 Å². The molecule has 522 valence electrons. The number of hydrogen-bond acceptors (Lipinski definition) is 5. The second kappa shape index (κ2) is 77.8. The number of rotatable bonds is 77. The number of hydrogen-bond donors (Lipinski definition) is 3. The number of nitrogens with one attached hydrogen (secondary N) is 1. The van der Waals surface area contributed by atoms with Gasteiger partial charge in [0.2, 0.25) is 5.91 Å². The number of amides is 1. The first kappa shape index (κ1) is 86.3. The van der Waals surface area contributed by atoms with Crippen LogP contribution in [0.4, 0.5) is 0 Å². The second-order valence-electron chi connectivity index (χ2n) is 28.1. The molecule has 0 radical (unpaired) electrons. The van der Waals surface area contributed by atoms with Gasteiger partial charge in [-0.3, -0.25) is 9.59 Å². The van der Waals surface area contributed by atoms with Crippen molar-refractivity contribution in [3.8, 4) is 0 Å². The van der Waals surface area contributed by atoms with E-state index in [1.54, 1.807) is 0 Å². The maximum absolute atomic E-state index is 12.6. The largest absolute Gasteiger partial charge is 0.466 e. The topological polar surface area (TPSA) is 95.9 Å². The van der Waals surface area contributed by atoms with E-state index in [-0.39, 0.29) is 18.5 Å². The molecule has 1 amide bonds. The summed E-state index contributed by atoms with van der Waals surface area (Å²) in [6.45, 7) is 5.00. The Kier molecular flexibility index (Phi) is 76.3. The number of unbranched alkanes of at least 4 members (excludes halogenated alkanes) is 62. The Hall–Kier alpha value is -1.66. The van der Waals surface area contributed by atoms with Gasteiger partial charge in [-0.25, -0.2) is 0 Å². The molecule has 0 aromatic rings. The molecule has 0 heterocycles. The average Bonchev–Trinajstić information content (AvgIpc) is 3.58. The zero-order valence-electron chi connectivity index (χ0n) is 60.0. The summed E-state index contributed by atoms with van der Waals surface area (Å²) in [4.78, 5) is 24.7. The minimum atomic E-state index is -0.663.